The molecule has 0 unspecified atom stereocenters. The molecule has 0 fully saturated rings. The maximum atomic E-state index is 13.0. The van der Waals surface area contributed by atoms with E-state index in [2.05, 4.69) is 15.3 Å². The zero-order chi connectivity index (χ0) is 18.4. The number of aryl methyl sites for hydroxylation is 2. The molecule has 0 aliphatic rings. The highest BCUT2D eigenvalue weighted by atomic mass is 16.2. The van der Waals surface area contributed by atoms with Gasteiger partial charge in [-0.05, 0) is 54.3 Å². The van der Waals surface area contributed by atoms with E-state index in [1.165, 1.54) is 0 Å². The first kappa shape index (κ1) is 17.6. The van der Waals surface area contributed by atoms with Crippen LogP contribution in [0.15, 0.2) is 67.3 Å². The number of nitrogens with zero attached hydrogens (tertiary/aromatic N) is 3. The number of hydrogen-bond acceptors (Lipinski definition) is 3. The van der Waals surface area contributed by atoms with Gasteiger partial charge in [0.25, 0.3) is 0 Å². The van der Waals surface area contributed by atoms with Crippen LogP contribution in [-0.4, -0.2) is 20.9 Å². The van der Waals surface area contributed by atoms with Crippen molar-refractivity contribution in [1.82, 2.24) is 14.9 Å². The standard InChI is InChI=1S/C21H22N4O/c1-16-5-3-6-17(2)20(16)24-21(26)25(14-18-8-11-22-12-9-18)15-19-7-4-10-23-13-19/h3-13H,14-15H2,1-2H3,(H,24,26). The third-order valence-electron chi connectivity index (χ3n) is 4.22. The van der Waals surface area contributed by atoms with Crippen molar-refractivity contribution in [3.05, 3.63) is 89.5 Å². The maximum absolute atomic E-state index is 13.0. The zero-order valence-electron chi connectivity index (χ0n) is 15.0. The molecule has 0 radical (unpaired) electrons. The predicted molar refractivity (Wildman–Crippen MR) is 103 cm³/mol. The Hall–Kier alpha value is -3.21. The number of para-hydroxylation sites is 1. The van der Waals surface area contributed by atoms with Crippen LogP contribution in [0.25, 0.3) is 0 Å². The first-order chi connectivity index (χ1) is 12.6. The van der Waals surface area contributed by atoms with E-state index in [4.69, 9.17) is 0 Å². The van der Waals surface area contributed by atoms with Gasteiger partial charge in [-0.2, -0.15) is 0 Å². The van der Waals surface area contributed by atoms with E-state index in [1.54, 1.807) is 29.7 Å². The molecule has 0 aliphatic carbocycles. The van der Waals surface area contributed by atoms with Crippen LogP contribution in [0.1, 0.15) is 22.3 Å². The Morgan fingerprint density at radius 1 is 0.885 bits per heavy atom. The second-order valence-electron chi connectivity index (χ2n) is 6.27. The van der Waals surface area contributed by atoms with Crippen LogP contribution in [0.3, 0.4) is 0 Å². The molecule has 2 amide bonds. The Morgan fingerprint density at radius 2 is 1.58 bits per heavy atom. The van der Waals surface area contributed by atoms with E-state index in [0.717, 1.165) is 27.9 Å². The predicted octanol–water partition coefficient (Wildman–Crippen LogP) is 4.33. The number of pyridine rings is 2. The van der Waals surface area contributed by atoms with Crippen molar-refractivity contribution < 1.29 is 4.79 Å². The maximum Gasteiger partial charge on any atom is 0.322 e. The summed E-state index contributed by atoms with van der Waals surface area (Å²) in [7, 11) is 0. The van der Waals surface area contributed by atoms with E-state index >= 15 is 0 Å². The van der Waals surface area contributed by atoms with Crippen molar-refractivity contribution >= 4 is 11.7 Å². The molecule has 3 rings (SSSR count). The fourth-order valence-corrected chi connectivity index (χ4v) is 2.82. The van der Waals surface area contributed by atoms with Gasteiger partial charge in [-0.25, -0.2) is 4.79 Å². The molecule has 0 saturated heterocycles. The number of amides is 2. The average molecular weight is 346 g/mol. The van der Waals surface area contributed by atoms with E-state index in [-0.39, 0.29) is 6.03 Å². The highest BCUT2D eigenvalue weighted by molar-refractivity contribution is 5.91. The number of hydrogen-bond donors (Lipinski definition) is 1. The summed E-state index contributed by atoms with van der Waals surface area (Å²) in [6.45, 7) is 4.97. The normalized spacial score (nSPS) is 10.4. The van der Waals surface area contributed by atoms with Gasteiger partial charge in [0.1, 0.15) is 0 Å². The molecular weight excluding hydrogens is 324 g/mol. The molecule has 2 aromatic heterocycles. The summed E-state index contributed by atoms with van der Waals surface area (Å²) in [5, 5.41) is 3.07. The number of benzene rings is 1. The molecule has 0 atom stereocenters. The Balaban J connectivity index is 1.83. The second-order valence-corrected chi connectivity index (χ2v) is 6.27. The topological polar surface area (TPSA) is 58.1 Å². The lowest BCUT2D eigenvalue weighted by atomic mass is 10.1. The van der Waals surface area contributed by atoms with Crippen LogP contribution in [-0.2, 0) is 13.1 Å². The number of carbonyl (C=O) groups is 1. The van der Waals surface area contributed by atoms with Gasteiger partial charge in [0.15, 0.2) is 0 Å². The van der Waals surface area contributed by atoms with Gasteiger partial charge in [0.2, 0.25) is 0 Å². The Bertz CT molecular complexity index is 804. The summed E-state index contributed by atoms with van der Waals surface area (Å²) < 4.78 is 0. The van der Waals surface area contributed by atoms with Crippen molar-refractivity contribution in [3.63, 3.8) is 0 Å². The van der Waals surface area contributed by atoms with E-state index < -0.39 is 0 Å². The zero-order valence-corrected chi connectivity index (χ0v) is 15.0. The largest absolute Gasteiger partial charge is 0.322 e. The third kappa shape index (κ3) is 4.45. The minimum Gasteiger partial charge on any atom is -0.316 e. The molecule has 0 bridgehead atoms. The second kappa shape index (κ2) is 8.25. The fourth-order valence-electron chi connectivity index (χ4n) is 2.82. The summed E-state index contributed by atoms with van der Waals surface area (Å²) in [5.41, 5.74) is 4.97. The van der Waals surface area contributed by atoms with Gasteiger partial charge in [0.05, 0.1) is 0 Å². The molecule has 2 heterocycles. The molecule has 1 aromatic carbocycles. The van der Waals surface area contributed by atoms with Crippen LogP contribution in [0.2, 0.25) is 0 Å². The lowest BCUT2D eigenvalue weighted by Gasteiger charge is -2.24. The average Bonchev–Trinajstić information content (AvgIpc) is 2.66. The smallest absolute Gasteiger partial charge is 0.316 e. The summed E-state index contributed by atoms with van der Waals surface area (Å²) in [5.74, 6) is 0. The first-order valence-corrected chi connectivity index (χ1v) is 8.53. The van der Waals surface area contributed by atoms with Crippen LogP contribution in [0.5, 0.6) is 0 Å². The molecule has 0 spiro atoms. The van der Waals surface area contributed by atoms with Gasteiger partial charge < -0.3 is 10.2 Å². The third-order valence-corrected chi connectivity index (χ3v) is 4.22. The first-order valence-electron chi connectivity index (χ1n) is 8.53. The minimum absolute atomic E-state index is 0.136. The van der Waals surface area contributed by atoms with Crippen molar-refractivity contribution in [3.8, 4) is 0 Å². The van der Waals surface area contributed by atoms with Crippen LogP contribution in [0.4, 0.5) is 10.5 Å². The van der Waals surface area contributed by atoms with Crippen molar-refractivity contribution in [2.24, 2.45) is 0 Å². The minimum atomic E-state index is -0.136. The van der Waals surface area contributed by atoms with Gasteiger partial charge in [-0.3, -0.25) is 9.97 Å². The van der Waals surface area contributed by atoms with Gasteiger partial charge in [-0.15, -0.1) is 0 Å². The van der Waals surface area contributed by atoms with Gasteiger partial charge in [-0.1, -0.05) is 24.3 Å². The summed E-state index contributed by atoms with van der Waals surface area (Å²) in [6, 6.07) is 13.5. The Morgan fingerprint density at radius 3 is 2.23 bits per heavy atom. The Kier molecular flexibility index (Phi) is 5.59. The van der Waals surface area contributed by atoms with Crippen LogP contribution in [0, 0.1) is 13.8 Å². The number of anilines is 1. The van der Waals surface area contributed by atoms with E-state index in [1.807, 2.05) is 56.3 Å². The van der Waals surface area contributed by atoms with Gasteiger partial charge in [0, 0.05) is 43.6 Å². The number of rotatable bonds is 5. The van der Waals surface area contributed by atoms with Gasteiger partial charge >= 0.3 is 6.03 Å². The SMILES string of the molecule is Cc1cccc(C)c1NC(=O)N(Cc1ccncc1)Cc1cccnc1. The molecule has 132 valence electrons. The monoisotopic (exact) mass is 346 g/mol. The van der Waals surface area contributed by atoms with Crippen molar-refractivity contribution in [2.45, 2.75) is 26.9 Å². The summed E-state index contributed by atoms with van der Waals surface area (Å²) in [4.78, 5) is 23.0. The highest BCUT2D eigenvalue weighted by Gasteiger charge is 2.16. The summed E-state index contributed by atoms with van der Waals surface area (Å²) >= 11 is 0. The molecule has 1 N–H and O–H groups in total. The summed E-state index contributed by atoms with van der Waals surface area (Å²) in [6.07, 6.45) is 6.99. The molecule has 3 aromatic rings. The van der Waals surface area contributed by atoms with Crippen LogP contribution >= 0.6 is 0 Å². The molecule has 5 heteroatoms. The van der Waals surface area contributed by atoms with E-state index in [9.17, 15) is 4.79 Å². The lowest BCUT2D eigenvalue weighted by molar-refractivity contribution is 0.206. The Labute approximate surface area is 153 Å². The van der Waals surface area contributed by atoms with Crippen molar-refractivity contribution in [2.75, 3.05) is 5.32 Å². The molecule has 26 heavy (non-hydrogen) atoms. The number of aromatic nitrogens is 2. The lowest BCUT2D eigenvalue weighted by Crippen LogP contribution is -2.34. The molecule has 0 saturated carbocycles. The quantitative estimate of drug-likeness (QED) is 0.748. The molecular formula is C21H22N4O. The number of carbonyl (C=O) groups excluding carboxylic acids is 1. The van der Waals surface area contributed by atoms with E-state index in [0.29, 0.717) is 13.1 Å². The van der Waals surface area contributed by atoms with Crippen molar-refractivity contribution in [1.29, 1.82) is 0 Å². The molecule has 5 nitrogen and oxygen atoms in total. The van der Waals surface area contributed by atoms with Crippen LogP contribution < -0.4 is 5.32 Å². The fraction of sp³-hybridized carbons (Fsp3) is 0.190. The number of urea groups is 1. The number of nitrogens with one attached hydrogen (secondary N) is 1. The highest BCUT2D eigenvalue weighted by Crippen LogP contribution is 2.21. The molecule has 0 aliphatic heterocycles.